The van der Waals surface area contributed by atoms with Gasteiger partial charge in [0.2, 0.25) is 0 Å². The zero-order chi connectivity index (χ0) is 18.2. The van der Waals surface area contributed by atoms with Crippen LogP contribution in [-0.4, -0.2) is 0 Å². The number of nitrogen functional groups attached to an aromatic ring is 1. The number of nitrogens with zero attached hydrogens (tertiary/aromatic N) is 2. The van der Waals surface area contributed by atoms with Crippen LogP contribution in [0.25, 0.3) is 22.9 Å². The van der Waals surface area contributed by atoms with Crippen LogP contribution in [0, 0.1) is 22.7 Å². The van der Waals surface area contributed by atoms with Crippen LogP contribution in [0.5, 0.6) is 0 Å². The molecule has 0 saturated heterocycles. The molecule has 0 spiro atoms. The Morgan fingerprint density at radius 1 is 0.800 bits per heavy atom. The molecule has 25 heavy (non-hydrogen) atoms. The number of fused-ring (bicyclic) bond motifs is 1. The van der Waals surface area contributed by atoms with Crippen molar-refractivity contribution in [3.05, 3.63) is 76.9 Å². The van der Waals surface area contributed by atoms with E-state index >= 15 is 0 Å². The molecule has 3 aromatic rings. The number of nitriles is 2. The summed E-state index contributed by atoms with van der Waals surface area (Å²) in [5.74, 6) is 0. The Balaban J connectivity index is 0.00000109. The summed E-state index contributed by atoms with van der Waals surface area (Å²) in [6.45, 7) is 4.00. The van der Waals surface area contributed by atoms with Crippen molar-refractivity contribution in [2.75, 3.05) is 5.73 Å². The second kappa shape index (κ2) is 8.34. The number of hydrogen-bond acceptors (Lipinski definition) is 3. The van der Waals surface area contributed by atoms with Crippen molar-refractivity contribution in [1.29, 1.82) is 10.5 Å². The van der Waals surface area contributed by atoms with Gasteiger partial charge in [0.15, 0.2) is 0 Å². The summed E-state index contributed by atoms with van der Waals surface area (Å²) in [7, 11) is 0. The molecule has 0 saturated carbocycles. The topological polar surface area (TPSA) is 73.6 Å². The molecular weight excluding hydrogens is 306 g/mol. The van der Waals surface area contributed by atoms with Gasteiger partial charge in [0, 0.05) is 16.5 Å². The molecule has 3 heteroatoms. The third-order valence-electron chi connectivity index (χ3n) is 3.72. The van der Waals surface area contributed by atoms with Gasteiger partial charge in [-0.1, -0.05) is 62.4 Å². The SMILES string of the molecule is CC.N#Cc1cccc2c(C#N)c(C=Cc3ccc(N)cc3)ccc12. The molecule has 0 bridgehead atoms. The van der Waals surface area contributed by atoms with Gasteiger partial charge in [-0.05, 0) is 29.3 Å². The summed E-state index contributed by atoms with van der Waals surface area (Å²) in [6.07, 6.45) is 3.85. The molecule has 0 aromatic heterocycles. The van der Waals surface area contributed by atoms with Crippen molar-refractivity contribution in [2.24, 2.45) is 0 Å². The van der Waals surface area contributed by atoms with Crippen molar-refractivity contribution in [3.63, 3.8) is 0 Å². The summed E-state index contributed by atoms with van der Waals surface area (Å²) < 4.78 is 0. The average molecular weight is 325 g/mol. The largest absolute Gasteiger partial charge is 0.399 e. The molecule has 0 aliphatic heterocycles. The van der Waals surface area contributed by atoms with Gasteiger partial charge in [-0.25, -0.2) is 0 Å². The van der Waals surface area contributed by atoms with E-state index in [4.69, 9.17) is 5.73 Å². The standard InChI is InChI=1S/C20H13N3.C2H6/c21-12-16-2-1-3-19-18(16)11-8-15(20(19)13-22)7-4-14-5-9-17(23)10-6-14;1-2/h1-11H,23H2;1-2H3. The first kappa shape index (κ1) is 17.8. The Morgan fingerprint density at radius 2 is 1.52 bits per heavy atom. The van der Waals surface area contributed by atoms with Crippen LogP contribution < -0.4 is 5.73 Å². The molecule has 0 radical (unpaired) electrons. The molecule has 3 rings (SSSR count). The lowest BCUT2D eigenvalue weighted by Gasteiger charge is -2.05. The Bertz CT molecular complexity index is 985. The smallest absolute Gasteiger partial charge is 0.100 e. The minimum Gasteiger partial charge on any atom is -0.399 e. The van der Waals surface area contributed by atoms with Crippen molar-refractivity contribution in [1.82, 2.24) is 0 Å². The highest BCUT2D eigenvalue weighted by atomic mass is 14.5. The van der Waals surface area contributed by atoms with Gasteiger partial charge in [-0.2, -0.15) is 10.5 Å². The predicted molar refractivity (Wildman–Crippen MR) is 105 cm³/mol. The molecule has 2 N–H and O–H groups in total. The summed E-state index contributed by atoms with van der Waals surface area (Å²) in [4.78, 5) is 0. The molecular formula is C22H19N3. The van der Waals surface area contributed by atoms with E-state index < -0.39 is 0 Å². The Hall–Kier alpha value is -3.56. The van der Waals surface area contributed by atoms with E-state index in [1.54, 1.807) is 12.1 Å². The first-order valence-corrected chi connectivity index (χ1v) is 8.12. The maximum Gasteiger partial charge on any atom is 0.100 e. The number of hydrogen-bond donors (Lipinski definition) is 1. The molecule has 0 aliphatic rings. The van der Waals surface area contributed by atoms with E-state index in [0.29, 0.717) is 11.1 Å². The summed E-state index contributed by atoms with van der Waals surface area (Å²) in [5.41, 5.74) is 9.38. The highest BCUT2D eigenvalue weighted by Gasteiger charge is 2.08. The van der Waals surface area contributed by atoms with Gasteiger partial charge in [0.25, 0.3) is 0 Å². The molecule has 0 fully saturated rings. The van der Waals surface area contributed by atoms with Crippen molar-refractivity contribution in [3.8, 4) is 12.1 Å². The molecule has 3 aromatic carbocycles. The van der Waals surface area contributed by atoms with Gasteiger partial charge in [-0.3, -0.25) is 0 Å². The Kier molecular flexibility index (Phi) is 5.93. The van der Waals surface area contributed by atoms with Crippen LogP contribution in [0.15, 0.2) is 54.6 Å². The van der Waals surface area contributed by atoms with E-state index in [9.17, 15) is 10.5 Å². The molecule has 122 valence electrons. The fourth-order valence-electron chi connectivity index (χ4n) is 2.53. The minimum atomic E-state index is 0.575. The Morgan fingerprint density at radius 3 is 2.16 bits per heavy atom. The van der Waals surface area contributed by atoms with Gasteiger partial charge < -0.3 is 5.73 Å². The zero-order valence-corrected chi connectivity index (χ0v) is 14.3. The fraction of sp³-hybridized carbons (Fsp3) is 0.0909. The highest BCUT2D eigenvalue weighted by Crippen LogP contribution is 2.26. The van der Waals surface area contributed by atoms with Crippen LogP contribution in [0.4, 0.5) is 5.69 Å². The van der Waals surface area contributed by atoms with Crippen LogP contribution in [-0.2, 0) is 0 Å². The van der Waals surface area contributed by atoms with E-state index in [2.05, 4.69) is 12.1 Å². The number of nitrogens with two attached hydrogens (primary N) is 1. The number of benzene rings is 3. The predicted octanol–water partition coefficient (Wildman–Crippen LogP) is 5.36. The van der Waals surface area contributed by atoms with Crippen LogP contribution in [0.3, 0.4) is 0 Å². The van der Waals surface area contributed by atoms with Crippen LogP contribution >= 0.6 is 0 Å². The third-order valence-corrected chi connectivity index (χ3v) is 3.72. The first-order chi connectivity index (χ1) is 12.2. The Labute approximate surface area is 148 Å². The summed E-state index contributed by atoms with van der Waals surface area (Å²) in [5, 5.41) is 20.3. The molecule has 0 amide bonds. The first-order valence-electron chi connectivity index (χ1n) is 8.12. The van der Waals surface area contributed by atoms with Gasteiger partial charge in [-0.15, -0.1) is 0 Å². The summed E-state index contributed by atoms with van der Waals surface area (Å²) in [6, 6.07) is 21.1. The molecule has 0 atom stereocenters. The van der Waals surface area contributed by atoms with Gasteiger partial charge >= 0.3 is 0 Å². The van der Waals surface area contributed by atoms with Crippen molar-refractivity contribution >= 4 is 28.6 Å². The van der Waals surface area contributed by atoms with Crippen molar-refractivity contribution < 1.29 is 0 Å². The van der Waals surface area contributed by atoms with Crippen molar-refractivity contribution in [2.45, 2.75) is 13.8 Å². The van der Waals surface area contributed by atoms with E-state index in [1.807, 2.05) is 68.5 Å². The lowest BCUT2D eigenvalue weighted by Crippen LogP contribution is -1.88. The fourth-order valence-corrected chi connectivity index (χ4v) is 2.53. The van der Waals surface area contributed by atoms with Gasteiger partial charge in [0.05, 0.1) is 17.2 Å². The number of anilines is 1. The molecule has 0 heterocycles. The quantitative estimate of drug-likeness (QED) is 0.509. The maximum absolute atomic E-state index is 9.53. The molecule has 0 aliphatic carbocycles. The zero-order valence-electron chi connectivity index (χ0n) is 14.3. The van der Waals surface area contributed by atoms with Gasteiger partial charge in [0.1, 0.15) is 6.07 Å². The van der Waals surface area contributed by atoms with E-state index in [0.717, 1.165) is 27.6 Å². The maximum atomic E-state index is 9.53. The summed E-state index contributed by atoms with van der Waals surface area (Å²) >= 11 is 0. The second-order valence-corrected chi connectivity index (χ2v) is 5.15. The van der Waals surface area contributed by atoms with E-state index in [-0.39, 0.29) is 0 Å². The normalized spacial score (nSPS) is 9.92. The molecule has 3 nitrogen and oxygen atoms in total. The number of rotatable bonds is 2. The van der Waals surface area contributed by atoms with Crippen LogP contribution in [0.1, 0.15) is 36.1 Å². The lowest BCUT2D eigenvalue weighted by molar-refractivity contribution is 1.48. The third kappa shape index (κ3) is 3.86. The minimum absolute atomic E-state index is 0.575. The monoisotopic (exact) mass is 325 g/mol. The van der Waals surface area contributed by atoms with E-state index in [1.165, 1.54) is 0 Å². The lowest BCUT2D eigenvalue weighted by atomic mass is 9.96. The molecule has 0 unspecified atom stereocenters. The highest BCUT2D eigenvalue weighted by molar-refractivity contribution is 5.95. The van der Waals surface area contributed by atoms with Crippen LogP contribution in [0.2, 0.25) is 0 Å². The second-order valence-electron chi connectivity index (χ2n) is 5.15. The average Bonchev–Trinajstić information content (AvgIpc) is 2.68.